The van der Waals surface area contributed by atoms with Gasteiger partial charge in [-0.25, -0.2) is 14.3 Å². The first-order chi connectivity index (χ1) is 18.7. The second kappa shape index (κ2) is 12.1. The van der Waals surface area contributed by atoms with Crippen molar-refractivity contribution in [3.63, 3.8) is 0 Å². The minimum absolute atomic E-state index is 0.145. The molecule has 4 rings (SSSR count). The molecule has 2 unspecified atom stereocenters. The number of primary amides is 1. The number of carboxylic acid groups (broad SMARTS) is 1. The molecule has 0 spiro atoms. The fourth-order valence-electron chi connectivity index (χ4n) is 3.96. The van der Waals surface area contributed by atoms with Crippen LogP contribution in [0, 0.1) is 0 Å². The van der Waals surface area contributed by atoms with Crippen molar-refractivity contribution in [3.05, 3.63) is 41.1 Å². The van der Waals surface area contributed by atoms with Crippen LogP contribution in [0.5, 0.6) is 0 Å². The Labute approximate surface area is 229 Å². The van der Waals surface area contributed by atoms with E-state index < -0.39 is 41.3 Å². The van der Waals surface area contributed by atoms with Crippen LogP contribution in [-0.4, -0.2) is 89.9 Å². The van der Waals surface area contributed by atoms with E-state index in [0.717, 1.165) is 4.90 Å². The molecule has 16 nitrogen and oxygen atoms in total. The molecule has 18 heteroatoms. The summed E-state index contributed by atoms with van der Waals surface area (Å²) < 4.78 is 1.44. The lowest BCUT2D eigenvalue weighted by molar-refractivity contribution is -0.150. The summed E-state index contributed by atoms with van der Waals surface area (Å²) in [6, 6.07) is 3.68. The summed E-state index contributed by atoms with van der Waals surface area (Å²) in [5, 5.41) is 28.6. The summed E-state index contributed by atoms with van der Waals surface area (Å²) >= 11 is 2.50. The zero-order chi connectivity index (χ0) is 28.1. The molecule has 2 aromatic rings. The third-order valence-electron chi connectivity index (χ3n) is 5.80. The van der Waals surface area contributed by atoms with E-state index in [0.29, 0.717) is 34.1 Å². The van der Waals surface area contributed by atoms with Crippen molar-refractivity contribution >= 4 is 59.4 Å². The number of anilines is 1. The van der Waals surface area contributed by atoms with Crippen molar-refractivity contribution in [3.8, 4) is 0 Å². The molecule has 206 valence electrons. The Morgan fingerprint density at radius 1 is 1.33 bits per heavy atom. The predicted octanol–water partition coefficient (Wildman–Crippen LogP) is -1.56. The van der Waals surface area contributed by atoms with E-state index in [1.54, 1.807) is 24.3 Å². The number of carbonyl (C=O) groups is 5. The third-order valence-corrected chi connectivity index (χ3v) is 8.18. The molecule has 0 saturated carbocycles. The number of amides is 5. The monoisotopic (exact) mass is 576 g/mol. The van der Waals surface area contributed by atoms with Gasteiger partial charge in [-0.1, -0.05) is 23.9 Å². The van der Waals surface area contributed by atoms with Gasteiger partial charge in [0, 0.05) is 23.7 Å². The summed E-state index contributed by atoms with van der Waals surface area (Å²) in [7, 11) is 0. The quantitative estimate of drug-likeness (QED) is 0.0955. The number of urea groups is 1. The predicted molar refractivity (Wildman–Crippen MR) is 139 cm³/mol. The highest BCUT2D eigenvalue weighted by Gasteiger charge is 2.54. The largest absolute Gasteiger partial charge is 0.477 e. The number of nitrogens with one attached hydrogen (secondary N) is 3. The first kappa shape index (κ1) is 27.9. The number of benzene rings is 1. The van der Waals surface area contributed by atoms with Gasteiger partial charge < -0.3 is 32.5 Å². The Balaban J connectivity index is 1.41. The van der Waals surface area contributed by atoms with Crippen LogP contribution in [0.15, 0.2) is 40.7 Å². The van der Waals surface area contributed by atoms with Crippen molar-refractivity contribution < 1.29 is 29.1 Å². The average molecular weight is 577 g/mol. The van der Waals surface area contributed by atoms with Crippen molar-refractivity contribution in [1.29, 1.82) is 0 Å². The molecule has 1 saturated heterocycles. The maximum Gasteiger partial charge on any atom is 0.352 e. The number of aromatic nitrogens is 4. The minimum Gasteiger partial charge on any atom is -0.477 e. The van der Waals surface area contributed by atoms with Gasteiger partial charge in [0.1, 0.15) is 23.2 Å². The molecular formula is C21H24N10O6S2. The van der Waals surface area contributed by atoms with E-state index in [9.17, 15) is 29.1 Å². The van der Waals surface area contributed by atoms with E-state index in [2.05, 4.69) is 31.5 Å². The zero-order valence-corrected chi connectivity index (χ0v) is 21.8. The number of rotatable bonds is 12. The molecule has 1 fully saturated rings. The molecule has 8 N–H and O–H groups in total. The van der Waals surface area contributed by atoms with E-state index >= 15 is 0 Å². The topological polar surface area (TPSA) is 241 Å². The van der Waals surface area contributed by atoms with Crippen LogP contribution in [0.3, 0.4) is 0 Å². The molecule has 0 aliphatic carbocycles. The van der Waals surface area contributed by atoms with Crippen molar-refractivity contribution in [1.82, 2.24) is 35.7 Å². The molecule has 3 heterocycles. The molecule has 3 atom stereocenters. The number of β-lactam (4-membered cyclic amide) rings is 1. The number of fused-ring (bicyclic) bond motifs is 1. The Morgan fingerprint density at radius 2 is 2.13 bits per heavy atom. The number of thioether (sulfide) groups is 2. The van der Waals surface area contributed by atoms with Crippen LogP contribution in [0.4, 0.5) is 10.5 Å². The summed E-state index contributed by atoms with van der Waals surface area (Å²) in [4.78, 5) is 60.6. The fourth-order valence-corrected chi connectivity index (χ4v) is 6.34. The zero-order valence-electron chi connectivity index (χ0n) is 20.1. The number of carboxylic acids is 1. The first-order valence-corrected chi connectivity index (χ1v) is 13.4. The molecule has 2 aliphatic rings. The third kappa shape index (κ3) is 6.13. The van der Waals surface area contributed by atoms with Crippen LogP contribution in [0.2, 0.25) is 0 Å². The van der Waals surface area contributed by atoms with Crippen LogP contribution < -0.4 is 27.4 Å². The van der Waals surface area contributed by atoms with Gasteiger partial charge in [-0.3, -0.25) is 19.3 Å². The number of nitrogens with zero attached hydrogens (tertiary/aromatic N) is 5. The van der Waals surface area contributed by atoms with E-state index in [4.69, 9.17) is 11.5 Å². The number of tetrazole rings is 1. The maximum atomic E-state index is 13.0. The SMILES string of the molecule is NC(=O)NCCn1nnnc1SCC1=C(C(=O)O)N2C(=O)C(NC(=O)C(N)c3cccc(NC=O)c3)[C@H]2SC1. The van der Waals surface area contributed by atoms with Crippen LogP contribution in [0.25, 0.3) is 0 Å². The van der Waals surface area contributed by atoms with Gasteiger partial charge in [-0.2, -0.15) is 0 Å². The molecule has 1 aromatic heterocycles. The highest BCUT2D eigenvalue weighted by Crippen LogP contribution is 2.41. The Morgan fingerprint density at radius 3 is 2.85 bits per heavy atom. The molecule has 0 bridgehead atoms. The van der Waals surface area contributed by atoms with Crippen molar-refractivity contribution in [2.45, 2.75) is 29.2 Å². The van der Waals surface area contributed by atoms with Gasteiger partial charge in [0.25, 0.3) is 5.91 Å². The van der Waals surface area contributed by atoms with Gasteiger partial charge in [0.2, 0.25) is 17.5 Å². The summed E-state index contributed by atoms with van der Waals surface area (Å²) in [5.41, 5.74) is 12.4. The second-order valence-electron chi connectivity index (χ2n) is 8.28. The molecule has 1 aromatic carbocycles. The van der Waals surface area contributed by atoms with Crippen LogP contribution >= 0.6 is 23.5 Å². The summed E-state index contributed by atoms with van der Waals surface area (Å²) in [5.74, 6) is -1.95. The van der Waals surface area contributed by atoms with Crippen LogP contribution in [0.1, 0.15) is 11.6 Å². The van der Waals surface area contributed by atoms with Gasteiger partial charge in [-0.15, -0.1) is 16.9 Å². The molecule has 39 heavy (non-hydrogen) atoms. The highest BCUT2D eigenvalue weighted by molar-refractivity contribution is 8.01. The van der Waals surface area contributed by atoms with Crippen molar-refractivity contribution in [2.24, 2.45) is 11.5 Å². The van der Waals surface area contributed by atoms with Crippen LogP contribution in [-0.2, 0) is 25.7 Å². The average Bonchev–Trinajstić information content (AvgIpc) is 3.36. The smallest absolute Gasteiger partial charge is 0.352 e. The lowest BCUT2D eigenvalue weighted by atomic mass is 10.0. The summed E-state index contributed by atoms with van der Waals surface area (Å²) in [6.45, 7) is 0.459. The van der Waals surface area contributed by atoms with Gasteiger partial charge >= 0.3 is 12.0 Å². The molecule has 5 amide bonds. The second-order valence-corrected chi connectivity index (χ2v) is 10.3. The van der Waals surface area contributed by atoms with Gasteiger partial charge in [0.05, 0.1) is 6.54 Å². The number of aliphatic carboxylic acids is 1. The standard InChI is InChI=1S/C21H24N10O6S2/c22-13(10-2-1-3-12(6-10)25-9-32)16(33)26-14-17(34)31-15(19(35)36)11(7-38-18(14)31)8-39-21-27-28-29-30(21)5-4-24-20(23)37/h1-3,6,9,13-14,18H,4-5,7-8,22H2,(H,25,32)(H,26,33)(H,35,36)(H3,23,24,37)/t13?,14?,18-/m1/s1. The molecule has 0 radical (unpaired) electrons. The lowest BCUT2D eigenvalue weighted by Gasteiger charge is -2.49. The number of hydrogen-bond acceptors (Lipinski definition) is 11. The van der Waals surface area contributed by atoms with Gasteiger partial charge in [0.15, 0.2) is 0 Å². The first-order valence-electron chi connectivity index (χ1n) is 11.4. The van der Waals surface area contributed by atoms with Crippen molar-refractivity contribution in [2.75, 3.05) is 23.4 Å². The highest BCUT2D eigenvalue weighted by atomic mass is 32.2. The Kier molecular flexibility index (Phi) is 8.67. The fraction of sp³-hybridized carbons (Fsp3) is 0.333. The number of nitrogens with two attached hydrogens (primary N) is 2. The Bertz CT molecular complexity index is 1330. The summed E-state index contributed by atoms with van der Waals surface area (Å²) in [6.07, 6.45) is 0.499. The number of carbonyl (C=O) groups excluding carboxylic acids is 4. The molecular weight excluding hydrogens is 552 g/mol. The minimum atomic E-state index is -1.27. The van der Waals surface area contributed by atoms with Gasteiger partial charge in [-0.05, 0) is 33.7 Å². The lowest BCUT2D eigenvalue weighted by Crippen LogP contribution is -2.71. The van der Waals surface area contributed by atoms with E-state index in [1.165, 1.54) is 28.2 Å². The van der Waals surface area contributed by atoms with E-state index in [-0.39, 0.29) is 24.5 Å². The normalized spacial score (nSPS) is 19.0. The van der Waals surface area contributed by atoms with E-state index in [1.807, 2.05) is 0 Å². The molecule has 2 aliphatic heterocycles. The Hall–Kier alpha value is -4.16. The number of hydrogen-bond donors (Lipinski definition) is 6. The maximum absolute atomic E-state index is 13.0.